The molecule has 0 aliphatic rings. The zero-order chi connectivity index (χ0) is 56.9. The number of hydrogen-bond acceptors (Lipinski definition) is 10. The van der Waals surface area contributed by atoms with Gasteiger partial charge in [0, 0.05) is 19.3 Å². The zero-order valence-electron chi connectivity index (χ0n) is 50.9. The van der Waals surface area contributed by atoms with Gasteiger partial charge in [-0.05, 0) is 51.4 Å². The molecule has 0 fully saturated rings. The van der Waals surface area contributed by atoms with Crippen molar-refractivity contribution in [3.63, 3.8) is 0 Å². The molecule has 0 amide bonds. The summed E-state index contributed by atoms with van der Waals surface area (Å²) in [7, 11) is -4.75. The molecule has 0 aliphatic carbocycles. The van der Waals surface area contributed by atoms with E-state index in [1.165, 1.54) is 186 Å². The first-order chi connectivity index (χ1) is 38.2. The number of hydrogen-bond donors (Lipinski definition) is 2. The fourth-order valence-corrected chi connectivity index (χ4v) is 10.4. The molecule has 0 spiro atoms. The summed E-state index contributed by atoms with van der Waals surface area (Å²) in [5.74, 6) is -1.44. The maximum absolute atomic E-state index is 13.0. The van der Waals surface area contributed by atoms with E-state index in [-0.39, 0.29) is 25.9 Å². The Bertz CT molecular complexity index is 1450. The fraction of sp³-hybridized carbons (Fsp3) is 0.864. The van der Waals surface area contributed by atoms with Crippen molar-refractivity contribution in [1.82, 2.24) is 0 Å². The molecule has 0 aliphatic heterocycles. The van der Waals surface area contributed by atoms with Crippen molar-refractivity contribution in [1.29, 1.82) is 0 Å². The quantitative estimate of drug-likeness (QED) is 0.0197. The molecule has 11 nitrogen and oxygen atoms in total. The highest BCUT2D eigenvalue weighted by Crippen LogP contribution is 2.43. The summed E-state index contributed by atoms with van der Waals surface area (Å²) in [5.41, 5.74) is 0. The lowest BCUT2D eigenvalue weighted by atomic mass is 10.0. The molecule has 458 valence electrons. The summed E-state index contributed by atoms with van der Waals surface area (Å²) in [6.07, 6.45) is 65.2. The van der Waals surface area contributed by atoms with Crippen LogP contribution in [0.2, 0.25) is 0 Å². The highest BCUT2D eigenvalue weighted by molar-refractivity contribution is 7.47. The fourth-order valence-electron chi connectivity index (χ4n) is 9.61. The molecule has 0 heterocycles. The number of allylic oxidation sites excluding steroid dienone is 6. The molecule has 0 aromatic heterocycles. The topological polar surface area (TPSA) is 155 Å². The van der Waals surface area contributed by atoms with Crippen LogP contribution in [0.4, 0.5) is 0 Å². The minimum atomic E-state index is -4.75. The first-order valence-corrected chi connectivity index (χ1v) is 34.4. The van der Waals surface area contributed by atoms with Crippen LogP contribution in [0.25, 0.3) is 0 Å². The van der Waals surface area contributed by atoms with Crippen molar-refractivity contribution in [2.24, 2.45) is 0 Å². The van der Waals surface area contributed by atoms with E-state index < -0.39 is 57.8 Å². The van der Waals surface area contributed by atoms with E-state index in [9.17, 15) is 28.9 Å². The Labute approximate surface area is 480 Å². The monoisotopic (exact) mass is 1120 g/mol. The number of phosphoric acid groups is 1. The van der Waals surface area contributed by atoms with Gasteiger partial charge in [0.1, 0.15) is 12.7 Å². The lowest BCUT2D eigenvalue weighted by molar-refractivity contribution is -0.161. The van der Waals surface area contributed by atoms with Gasteiger partial charge in [-0.1, -0.05) is 295 Å². The van der Waals surface area contributed by atoms with Gasteiger partial charge in [-0.15, -0.1) is 0 Å². The van der Waals surface area contributed by atoms with E-state index >= 15 is 0 Å². The molecule has 0 bridgehead atoms. The Balaban J connectivity index is 4.65. The standard InChI is InChI=1S/C66H123O11P/c1-4-7-10-13-16-19-22-25-28-31-34-37-40-43-46-49-52-55-64(68)73-59-63(77-66(70)57-54-51-48-45-42-39-36-33-30-27-24-21-18-15-12-9-6-3)61-75-78(71,72)74-60-62(58-67)76-65(69)56-53-50-47-44-41-38-35-32-29-26-23-20-17-14-11-8-5-2/h7,10,16,19,25,28,62-63,67H,4-6,8-9,11-15,17-18,20-24,26-27,29-61H2,1-3H3,(H,71,72)/b10-7-,19-16-,28-25-. The molecule has 3 unspecified atom stereocenters. The molecule has 0 radical (unpaired) electrons. The van der Waals surface area contributed by atoms with Crippen molar-refractivity contribution < 1.29 is 52.2 Å². The summed E-state index contributed by atoms with van der Waals surface area (Å²) >= 11 is 0. The number of ether oxygens (including phenoxy) is 3. The summed E-state index contributed by atoms with van der Waals surface area (Å²) in [4.78, 5) is 48.8. The van der Waals surface area contributed by atoms with Crippen molar-refractivity contribution in [2.45, 2.75) is 341 Å². The van der Waals surface area contributed by atoms with E-state index in [4.69, 9.17) is 23.3 Å². The number of phosphoric ester groups is 1. The van der Waals surface area contributed by atoms with Crippen LogP contribution in [0.3, 0.4) is 0 Å². The normalized spacial score (nSPS) is 13.4. The number of unbranched alkanes of at least 4 members (excludes halogenated alkanes) is 39. The predicted molar refractivity (Wildman–Crippen MR) is 326 cm³/mol. The van der Waals surface area contributed by atoms with Gasteiger partial charge < -0.3 is 24.2 Å². The van der Waals surface area contributed by atoms with Crippen LogP contribution in [0, 0.1) is 0 Å². The summed E-state index contributed by atoms with van der Waals surface area (Å²) < 4.78 is 39.7. The molecule has 0 rings (SSSR count). The van der Waals surface area contributed by atoms with Gasteiger partial charge in [-0.3, -0.25) is 23.4 Å². The molecule has 0 aromatic carbocycles. The van der Waals surface area contributed by atoms with Crippen LogP contribution in [0.5, 0.6) is 0 Å². The maximum Gasteiger partial charge on any atom is 0.472 e. The highest BCUT2D eigenvalue weighted by Gasteiger charge is 2.28. The third-order valence-corrected chi connectivity index (χ3v) is 15.5. The van der Waals surface area contributed by atoms with Crippen LogP contribution in [0.1, 0.15) is 329 Å². The van der Waals surface area contributed by atoms with Gasteiger partial charge in [0.15, 0.2) is 6.10 Å². The van der Waals surface area contributed by atoms with Gasteiger partial charge >= 0.3 is 25.7 Å². The molecule has 0 saturated heterocycles. The number of carbonyl (C=O) groups is 3. The maximum atomic E-state index is 13.0. The van der Waals surface area contributed by atoms with Gasteiger partial charge in [0.05, 0.1) is 19.8 Å². The molecular formula is C66H123O11P. The van der Waals surface area contributed by atoms with Crippen molar-refractivity contribution in [2.75, 3.05) is 26.4 Å². The number of rotatable bonds is 62. The molecule has 3 atom stereocenters. The third kappa shape index (κ3) is 58.4. The molecule has 0 saturated carbocycles. The van der Waals surface area contributed by atoms with E-state index in [0.717, 1.165) is 83.5 Å². The molecule has 78 heavy (non-hydrogen) atoms. The number of carbonyl (C=O) groups excluding carboxylic acids is 3. The summed E-state index contributed by atoms with van der Waals surface area (Å²) in [5, 5.41) is 9.86. The van der Waals surface area contributed by atoms with Crippen LogP contribution >= 0.6 is 7.82 Å². The molecule has 2 N–H and O–H groups in total. The van der Waals surface area contributed by atoms with Crippen LogP contribution in [-0.4, -0.2) is 66.5 Å². The van der Waals surface area contributed by atoms with E-state index in [1.54, 1.807) is 0 Å². The number of esters is 3. The second-order valence-corrected chi connectivity index (χ2v) is 23.7. The first-order valence-electron chi connectivity index (χ1n) is 32.9. The molecule has 12 heteroatoms. The predicted octanol–water partition coefficient (Wildman–Crippen LogP) is 19.9. The van der Waals surface area contributed by atoms with Crippen LogP contribution in [0.15, 0.2) is 36.5 Å². The van der Waals surface area contributed by atoms with Crippen LogP contribution < -0.4 is 0 Å². The van der Waals surface area contributed by atoms with E-state index in [1.807, 2.05) is 0 Å². The Kier molecular flexibility index (Phi) is 59.0. The second-order valence-electron chi connectivity index (χ2n) is 22.3. The average Bonchev–Trinajstić information content (AvgIpc) is 3.43. The summed E-state index contributed by atoms with van der Waals surface area (Å²) in [6.45, 7) is 4.61. The Morgan fingerprint density at radius 2 is 0.667 bits per heavy atom. The Morgan fingerprint density at radius 1 is 0.372 bits per heavy atom. The van der Waals surface area contributed by atoms with Crippen molar-refractivity contribution >= 4 is 25.7 Å². The first kappa shape index (κ1) is 75.7. The second kappa shape index (κ2) is 60.8. The van der Waals surface area contributed by atoms with Gasteiger partial charge in [-0.25, -0.2) is 4.57 Å². The van der Waals surface area contributed by atoms with Gasteiger partial charge in [0.2, 0.25) is 0 Å². The number of aliphatic hydroxyl groups excluding tert-OH is 1. The largest absolute Gasteiger partial charge is 0.472 e. The van der Waals surface area contributed by atoms with E-state index in [0.29, 0.717) is 19.3 Å². The third-order valence-electron chi connectivity index (χ3n) is 14.6. The number of aliphatic hydroxyl groups is 1. The Morgan fingerprint density at radius 3 is 1.03 bits per heavy atom. The summed E-state index contributed by atoms with van der Waals surface area (Å²) in [6, 6.07) is 0. The van der Waals surface area contributed by atoms with Gasteiger partial charge in [0.25, 0.3) is 0 Å². The minimum absolute atomic E-state index is 0.172. The lowest BCUT2D eigenvalue weighted by Crippen LogP contribution is -2.30. The van der Waals surface area contributed by atoms with Crippen molar-refractivity contribution in [3.05, 3.63) is 36.5 Å². The molecular weight excluding hydrogens is 1000 g/mol. The average molecular weight is 1120 g/mol. The van der Waals surface area contributed by atoms with Gasteiger partial charge in [-0.2, -0.15) is 0 Å². The van der Waals surface area contributed by atoms with E-state index in [2.05, 4.69) is 57.2 Å². The Hall–Kier alpha value is -2.30. The molecule has 0 aromatic rings. The SMILES string of the molecule is CC/C=C\C/C=C\C/C=C\CCCCCCCCCC(=O)OCC(COP(=O)(O)OCC(CO)OC(=O)CCCCCCCCCCCCCCCCCCC)OC(=O)CCCCCCCCCCCCCCCCCCC. The highest BCUT2D eigenvalue weighted by atomic mass is 31.2. The minimum Gasteiger partial charge on any atom is -0.462 e. The van der Waals surface area contributed by atoms with Crippen LogP contribution in [-0.2, 0) is 42.2 Å². The smallest absolute Gasteiger partial charge is 0.462 e. The van der Waals surface area contributed by atoms with Crippen molar-refractivity contribution in [3.8, 4) is 0 Å². The zero-order valence-corrected chi connectivity index (χ0v) is 51.8. The lowest BCUT2D eigenvalue weighted by Gasteiger charge is -2.21.